The van der Waals surface area contributed by atoms with Crippen molar-refractivity contribution in [3.8, 4) is 6.07 Å². The van der Waals surface area contributed by atoms with Crippen LogP contribution in [0.2, 0.25) is 0 Å². The number of hydrogen-bond acceptors (Lipinski definition) is 6. The van der Waals surface area contributed by atoms with Crippen LogP contribution >= 0.6 is 11.3 Å². The van der Waals surface area contributed by atoms with Gasteiger partial charge in [-0.15, -0.1) is 11.3 Å². The molecule has 1 N–H and O–H groups in total. The molecule has 2 heterocycles. The highest BCUT2D eigenvalue weighted by molar-refractivity contribution is 7.09. The van der Waals surface area contributed by atoms with Gasteiger partial charge in [-0.25, -0.2) is 9.97 Å². The second kappa shape index (κ2) is 7.24. The highest BCUT2D eigenvalue weighted by Crippen LogP contribution is 2.11. The molecule has 0 fully saturated rings. The number of pyridine rings is 1. The largest absolute Gasteiger partial charge is 0.309 e. The Hall–Kier alpha value is -2.85. The van der Waals surface area contributed by atoms with E-state index in [9.17, 15) is 9.59 Å². The summed E-state index contributed by atoms with van der Waals surface area (Å²) in [5.74, 6) is -2.43. The second-order valence-electron chi connectivity index (χ2n) is 4.29. The Morgan fingerprint density at radius 3 is 2.86 bits per heavy atom. The monoisotopic (exact) mass is 312 g/mol. The zero-order chi connectivity index (χ0) is 15.9. The fourth-order valence-corrected chi connectivity index (χ4v) is 2.19. The van der Waals surface area contributed by atoms with Crippen molar-refractivity contribution in [2.24, 2.45) is 5.92 Å². The Bertz CT molecular complexity index is 746. The van der Waals surface area contributed by atoms with Gasteiger partial charge in [0.2, 0.25) is 0 Å². The van der Waals surface area contributed by atoms with E-state index in [1.807, 2.05) is 6.92 Å². The number of ketones is 1. The van der Waals surface area contributed by atoms with Crippen molar-refractivity contribution >= 4 is 34.9 Å². The molecule has 2 aromatic rings. The molecule has 0 aliphatic carbocycles. The van der Waals surface area contributed by atoms with Crippen LogP contribution in [0, 0.1) is 24.2 Å². The third-order valence-corrected chi connectivity index (χ3v) is 3.44. The number of allylic oxidation sites excluding steroid dienone is 1. The molecule has 7 heteroatoms. The van der Waals surface area contributed by atoms with Gasteiger partial charge in [-0.05, 0) is 31.2 Å². The first-order valence-corrected chi connectivity index (χ1v) is 7.23. The first kappa shape index (κ1) is 15.5. The highest BCUT2D eigenvalue weighted by atomic mass is 32.1. The van der Waals surface area contributed by atoms with E-state index in [4.69, 9.17) is 5.26 Å². The van der Waals surface area contributed by atoms with E-state index in [1.54, 1.807) is 29.6 Å². The van der Waals surface area contributed by atoms with E-state index in [2.05, 4.69) is 15.3 Å². The van der Waals surface area contributed by atoms with Gasteiger partial charge >= 0.3 is 0 Å². The van der Waals surface area contributed by atoms with Crippen LogP contribution in [0.3, 0.4) is 0 Å². The van der Waals surface area contributed by atoms with Crippen molar-refractivity contribution in [3.05, 3.63) is 46.6 Å². The maximum atomic E-state index is 12.0. The van der Waals surface area contributed by atoms with Gasteiger partial charge in [0.25, 0.3) is 5.91 Å². The standard InChI is InChI=1S/C15H12N4O2S/c1-10-18-11(9-22-10)5-6-13(20)12(8-16)15(21)19-14-4-2-3-7-17-14/h2-7,9,12H,1H3,(H,17,19,21)/b6-5+. The number of aromatic nitrogens is 2. The molecule has 0 bridgehead atoms. The molecule has 0 saturated heterocycles. The Morgan fingerprint density at radius 2 is 2.27 bits per heavy atom. The van der Waals surface area contributed by atoms with Crippen LogP contribution < -0.4 is 5.32 Å². The van der Waals surface area contributed by atoms with Crippen LogP contribution in [-0.2, 0) is 9.59 Å². The maximum Gasteiger partial charge on any atom is 0.250 e. The minimum atomic E-state index is -1.42. The van der Waals surface area contributed by atoms with E-state index < -0.39 is 17.6 Å². The van der Waals surface area contributed by atoms with Gasteiger partial charge in [-0.2, -0.15) is 5.26 Å². The molecule has 6 nitrogen and oxygen atoms in total. The lowest BCUT2D eigenvalue weighted by molar-refractivity contribution is -0.126. The SMILES string of the molecule is Cc1nc(/C=C/C(=O)C(C#N)C(=O)Nc2ccccn2)cs1. The normalized spacial score (nSPS) is 11.8. The topological polar surface area (TPSA) is 95.7 Å². The van der Waals surface area contributed by atoms with Gasteiger partial charge in [0.1, 0.15) is 5.82 Å². The van der Waals surface area contributed by atoms with E-state index in [0.29, 0.717) is 11.5 Å². The summed E-state index contributed by atoms with van der Waals surface area (Å²) in [4.78, 5) is 32.0. The van der Waals surface area contributed by atoms with Crippen molar-refractivity contribution in [1.29, 1.82) is 5.26 Å². The highest BCUT2D eigenvalue weighted by Gasteiger charge is 2.24. The molecule has 1 amide bonds. The lowest BCUT2D eigenvalue weighted by atomic mass is 10.0. The molecular weight excluding hydrogens is 300 g/mol. The van der Waals surface area contributed by atoms with Crippen molar-refractivity contribution in [2.45, 2.75) is 6.92 Å². The van der Waals surface area contributed by atoms with Crippen LogP contribution in [0.4, 0.5) is 5.82 Å². The van der Waals surface area contributed by atoms with E-state index in [1.165, 1.54) is 29.7 Å². The Balaban J connectivity index is 2.04. The van der Waals surface area contributed by atoms with Crippen molar-refractivity contribution < 1.29 is 9.59 Å². The van der Waals surface area contributed by atoms with Gasteiger partial charge in [0.15, 0.2) is 11.7 Å². The van der Waals surface area contributed by atoms with E-state index in [-0.39, 0.29) is 0 Å². The third kappa shape index (κ3) is 4.07. The predicted octanol–water partition coefficient (Wildman–Crippen LogP) is 2.21. The Morgan fingerprint density at radius 1 is 1.45 bits per heavy atom. The average Bonchev–Trinajstić information content (AvgIpc) is 2.92. The van der Waals surface area contributed by atoms with Gasteiger partial charge in [-0.1, -0.05) is 6.07 Å². The number of carbonyl (C=O) groups excluding carboxylic acids is 2. The summed E-state index contributed by atoms with van der Waals surface area (Å²) in [5.41, 5.74) is 0.623. The molecule has 0 saturated carbocycles. The summed E-state index contributed by atoms with van der Waals surface area (Å²) in [6.45, 7) is 1.85. The fourth-order valence-electron chi connectivity index (χ4n) is 1.61. The summed E-state index contributed by atoms with van der Waals surface area (Å²) < 4.78 is 0. The molecule has 1 unspecified atom stereocenters. The van der Waals surface area contributed by atoms with Crippen LogP contribution in [0.1, 0.15) is 10.7 Å². The first-order chi connectivity index (χ1) is 10.6. The fraction of sp³-hybridized carbons (Fsp3) is 0.133. The number of carbonyl (C=O) groups is 2. The average molecular weight is 312 g/mol. The van der Waals surface area contributed by atoms with E-state index >= 15 is 0 Å². The number of amides is 1. The molecule has 0 aromatic carbocycles. The number of anilines is 1. The molecule has 2 aromatic heterocycles. The lowest BCUT2D eigenvalue weighted by Crippen LogP contribution is -2.27. The molecule has 0 aliphatic rings. The first-order valence-electron chi connectivity index (χ1n) is 6.35. The molecule has 2 rings (SSSR count). The predicted molar refractivity (Wildman–Crippen MR) is 82.9 cm³/mol. The zero-order valence-electron chi connectivity index (χ0n) is 11.7. The smallest absolute Gasteiger partial charge is 0.250 e. The number of thiazole rings is 1. The number of nitrogens with one attached hydrogen (secondary N) is 1. The molecule has 0 aliphatic heterocycles. The molecule has 0 spiro atoms. The summed E-state index contributed by atoms with van der Waals surface area (Å²) in [6, 6.07) is 6.67. The Kier molecular flexibility index (Phi) is 5.11. The van der Waals surface area contributed by atoms with Crippen molar-refractivity contribution in [2.75, 3.05) is 5.32 Å². The Labute approximate surface area is 131 Å². The zero-order valence-corrected chi connectivity index (χ0v) is 12.5. The second-order valence-corrected chi connectivity index (χ2v) is 5.36. The molecule has 110 valence electrons. The minimum absolute atomic E-state index is 0.291. The van der Waals surface area contributed by atoms with Gasteiger partial charge in [0.05, 0.1) is 16.8 Å². The molecule has 1 atom stereocenters. The quantitative estimate of drug-likeness (QED) is 0.674. The number of hydrogen-bond donors (Lipinski definition) is 1. The molecule has 0 radical (unpaired) electrons. The number of rotatable bonds is 5. The maximum absolute atomic E-state index is 12.0. The van der Waals surface area contributed by atoms with Crippen LogP contribution in [0.15, 0.2) is 35.9 Å². The summed E-state index contributed by atoms with van der Waals surface area (Å²) >= 11 is 1.45. The molecular formula is C15H12N4O2S. The summed E-state index contributed by atoms with van der Waals surface area (Å²) in [7, 11) is 0. The van der Waals surface area contributed by atoms with Crippen molar-refractivity contribution in [3.63, 3.8) is 0 Å². The van der Waals surface area contributed by atoms with E-state index in [0.717, 1.165) is 5.01 Å². The van der Waals surface area contributed by atoms with Crippen LogP contribution in [0.5, 0.6) is 0 Å². The lowest BCUT2D eigenvalue weighted by Gasteiger charge is -2.06. The third-order valence-electron chi connectivity index (χ3n) is 2.65. The summed E-state index contributed by atoms with van der Waals surface area (Å²) in [6.07, 6.45) is 4.19. The summed E-state index contributed by atoms with van der Waals surface area (Å²) in [5, 5.41) is 14.1. The van der Waals surface area contributed by atoms with Gasteiger partial charge in [-0.3, -0.25) is 9.59 Å². The van der Waals surface area contributed by atoms with Gasteiger partial charge < -0.3 is 5.32 Å². The van der Waals surface area contributed by atoms with Gasteiger partial charge in [0, 0.05) is 11.6 Å². The van der Waals surface area contributed by atoms with Crippen LogP contribution in [0.25, 0.3) is 6.08 Å². The van der Waals surface area contributed by atoms with Crippen LogP contribution in [-0.4, -0.2) is 21.7 Å². The van der Waals surface area contributed by atoms with Crippen molar-refractivity contribution in [1.82, 2.24) is 9.97 Å². The molecule has 22 heavy (non-hydrogen) atoms. The number of nitrogens with zero attached hydrogens (tertiary/aromatic N) is 3. The number of aryl methyl sites for hydroxylation is 1. The minimum Gasteiger partial charge on any atom is -0.309 e. The number of nitriles is 1.